The van der Waals surface area contributed by atoms with Crippen molar-refractivity contribution >= 4 is 5.84 Å². The molecule has 0 amide bonds. The van der Waals surface area contributed by atoms with Gasteiger partial charge >= 0.3 is 0 Å². The monoisotopic (exact) mass is 182 g/mol. The fourth-order valence-corrected chi connectivity index (χ4v) is 2.00. The van der Waals surface area contributed by atoms with Crippen LogP contribution >= 0.6 is 0 Å². The molecule has 0 aromatic carbocycles. The molecule has 0 aromatic rings. The Morgan fingerprint density at radius 3 is 2.54 bits per heavy atom. The van der Waals surface area contributed by atoms with Gasteiger partial charge in [0.05, 0.1) is 0 Å². The van der Waals surface area contributed by atoms with E-state index in [4.69, 9.17) is 0 Å². The average Bonchev–Trinajstić information content (AvgIpc) is 2.28. The van der Waals surface area contributed by atoms with Crippen molar-refractivity contribution < 1.29 is 0 Å². The van der Waals surface area contributed by atoms with Crippen molar-refractivity contribution in [2.45, 2.75) is 34.1 Å². The zero-order valence-corrected chi connectivity index (χ0v) is 9.59. The Morgan fingerprint density at radius 1 is 1.46 bits per heavy atom. The highest BCUT2D eigenvalue weighted by Crippen LogP contribution is 2.23. The Kier molecular flexibility index (Phi) is 2.99. The van der Waals surface area contributed by atoms with Crippen LogP contribution in [-0.2, 0) is 0 Å². The van der Waals surface area contributed by atoms with Gasteiger partial charge in [-0.2, -0.15) is 0 Å². The average molecular weight is 182 g/mol. The smallest absolute Gasteiger partial charge is 0.101 e. The van der Waals surface area contributed by atoms with Gasteiger partial charge in [0.25, 0.3) is 0 Å². The van der Waals surface area contributed by atoms with Gasteiger partial charge in [0.2, 0.25) is 0 Å². The number of hydrogen-bond acceptors (Lipinski definition) is 1. The summed E-state index contributed by atoms with van der Waals surface area (Å²) in [4.78, 5) is 6.81. The first-order chi connectivity index (χ1) is 5.94. The first-order valence-electron chi connectivity index (χ1n) is 5.15. The second kappa shape index (κ2) is 3.69. The summed E-state index contributed by atoms with van der Waals surface area (Å²) in [5, 5.41) is 0. The van der Waals surface area contributed by atoms with Crippen LogP contribution in [0.5, 0.6) is 0 Å². The van der Waals surface area contributed by atoms with Gasteiger partial charge in [-0.15, -0.1) is 0 Å². The lowest BCUT2D eigenvalue weighted by molar-refractivity contribution is 0.288. The number of likely N-dealkylation sites (tertiary alicyclic amines) is 1. The molecule has 1 saturated heterocycles. The lowest BCUT2D eigenvalue weighted by atomic mass is 9.96. The van der Waals surface area contributed by atoms with Crippen LogP contribution in [0.15, 0.2) is 4.99 Å². The second-order valence-electron chi connectivity index (χ2n) is 5.25. The van der Waals surface area contributed by atoms with Gasteiger partial charge in [-0.1, -0.05) is 27.7 Å². The molecule has 0 bridgehead atoms. The topological polar surface area (TPSA) is 15.6 Å². The van der Waals surface area contributed by atoms with Crippen molar-refractivity contribution in [1.82, 2.24) is 4.90 Å². The van der Waals surface area contributed by atoms with Gasteiger partial charge in [0.1, 0.15) is 5.84 Å². The Hall–Kier alpha value is -0.530. The van der Waals surface area contributed by atoms with Gasteiger partial charge < -0.3 is 4.90 Å². The van der Waals surface area contributed by atoms with Gasteiger partial charge in [0.15, 0.2) is 0 Å². The Balaban J connectivity index is 2.62. The van der Waals surface area contributed by atoms with Crippen LogP contribution in [0.4, 0.5) is 0 Å². The lowest BCUT2D eigenvalue weighted by Crippen LogP contribution is -2.34. The molecular weight excluding hydrogens is 160 g/mol. The molecule has 1 fully saturated rings. The van der Waals surface area contributed by atoms with E-state index in [2.05, 4.69) is 37.6 Å². The summed E-state index contributed by atoms with van der Waals surface area (Å²) in [6.07, 6.45) is 1.27. The summed E-state index contributed by atoms with van der Waals surface area (Å²) >= 11 is 0. The Morgan fingerprint density at radius 2 is 2.08 bits per heavy atom. The maximum absolute atomic E-state index is 4.38. The number of hydrogen-bond donors (Lipinski definition) is 0. The van der Waals surface area contributed by atoms with Gasteiger partial charge in [-0.3, -0.25) is 4.99 Å². The molecular formula is C11H22N2. The first kappa shape index (κ1) is 10.6. The largest absolute Gasteiger partial charge is 0.360 e. The molecule has 0 spiro atoms. The third kappa shape index (κ3) is 2.71. The van der Waals surface area contributed by atoms with Gasteiger partial charge in [-0.05, 0) is 11.8 Å². The highest BCUT2D eigenvalue weighted by molar-refractivity contribution is 5.86. The fourth-order valence-electron chi connectivity index (χ4n) is 2.00. The third-order valence-electron chi connectivity index (χ3n) is 2.49. The van der Waals surface area contributed by atoms with E-state index in [-0.39, 0.29) is 0 Å². The molecule has 2 nitrogen and oxygen atoms in total. The standard InChI is InChI=1S/C11H22N2/c1-9-6-7-13(10(9)12-5)8-11(2,3)4/h9H,6-8H2,1-5H3/b12-10+. The Bertz CT molecular complexity index is 201. The summed E-state index contributed by atoms with van der Waals surface area (Å²) in [6.45, 7) is 11.4. The van der Waals surface area contributed by atoms with E-state index < -0.39 is 0 Å². The molecule has 13 heavy (non-hydrogen) atoms. The molecule has 1 heterocycles. The zero-order valence-electron chi connectivity index (χ0n) is 9.59. The zero-order chi connectivity index (χ0) is 10.1. The lowest BCUT2D eigenvalue weighted by Gasteiger charge is -2.28. The molecule has 0 N–H and O–H groups in total. The van der Waals surface area contributed by atoms with Crippen molar-refractivity contribution in [2.75, 3.05) is 20.1 Å². The minimum absolute atomic E-state index is 0.375. The van der Waals surface area contributed by atoms with Crippen LogP contribution in [0.3, 0.4) is 0 Å². The van der Waals surface area contributed by atoms with Crippen molar-refractivity contribution in [3.63, 3.8) is 0 Å². The minimum Gasteiger partial charge on any atom is -0.360 e. The number of rotatable bonds is 1. The normalized spacial score (nSPS) is 27.3. The predicted molar refractivity (Wildman–Crippen MR) is 58.2 cm³/mol. The third-order valence-corrected chi connectivity index (χ3v) is 2.49. The molecule has 76 valence electrons. The number of aliphatic imine (C=N–C) groups is 1. The molecule has 0 aliphatic carbocycles. The molecule has 1 rings (SSSR count). The Labute approximate surface area is 82.0 Å². The summed E-state index contributed by atoms with van der Waals surface area (Å²) in [5.74, 6) is 1.96. The van der Waals surface area contributed by atoms with Crippen molar-refractivity contribution in [2.24, 2.45) is 16.3 Å². The van der Waals surface area contributed by atoms with Gasteiger partial charge in [-0.25, -0.2) is 0 Å². The molecule has 0 radical (unpaired) electrons. The van der Waals surface area contributed by atoms with Crippen LogP contribution in [0.1, 0.15) is 34.1 Å². The quantitative estimate of drug-likeness (QED) is 0.608. The van der Waals surface area contributed by atoms with E-state index in [0.717, 1.165) is 6.54 Å². The van der Waals surface area contributed by atoms with Crippen LogP contribution < -0.4 is 0 Å². The van der Waals surface area contributed by atoms with E-state index in [9.17, 15) is 0 Å². The predicted octanol–water partition coefficient (Wildman–Crippen LogP) is 2.40. The molecule has 2 heteroatoms. The van der Waals surface area contributed by atoms with E-state index in [1.807, 2.05) is 7.05 Å². The van der Waals surface area contributed by atoms with Crippen molar-refractivity contribution in [1.29, 1.82) is 0 Å². The highest BCUT2D eigenvalue weighted by Gasteiger charge is 2.28. The second-order valence-corrected chi connectivity index (χ2v) is 5.25. The fraction of sp³-hybridized carbons (Fsp3) is 0.909. The molecule has 1 aliphatic heterocycles. The van der Waals surface area contributed by atoms with Crippen molar-refractivity contribution in [3.8, 4) is 0 Å². The first-order valence-corrected chi connectivity index (χ1v) is 5.15. The van der Waals surface area contributed by atoms with Crippen LogP contribution in [0, 0.1) is 11.3 Å². The van der Waals surface area contributed by atoms with E-state index in [1.165, 1.54) is 18.8 Å². The SMILES string of the molecule is C/N=C1\C(C)CCN1CC(C)(C)C. The number of nitrogens with zero attached hydrogens (tertiary/aromatic N) is 2. The van der Waals surface area contributed by atoms with E-state index in [1.54, 1.807) is 0 Å². The summed E-state index contributed by atoms with van der Waals surface area (Å²) in [5.41, 5.74) is 0.375. The maximum Gasteiger partial charge on any atom is 0.101 e. The summed E-state index contributed by atoms with van der Waals surface area (Å²) < 4.78 is 0. The maximum atomic E-state index is 4.38. The molecule has 0 saturated carbocycles. The molecule has 0 aromatic heterocycles. The van der Waals surface area contributed by atoms with Crippen LogP contribution in [0.2, 0.25) is 0 Å². The summed E-state index contributed by atoms with van der Waals surface area (Å²) in [6, 6.07) is 0. The van der Waals surface area contributed by atoms with Gasteiger partial charge in [0, 0.05) is 26.1 Å². The minimum atomic E-state index is 0.375. The molecule has 1 atom stereocenters. The number of amidine groups is 1. The van der Waals surface area contributed by atoms with Crippen molar-refractivity contribution in [3.05, 3.63) is 0 Å². The van der Waals surface area contributed by atoms with E-state index in [0.29, 0.717) is 11.3 Å². The molecule has 1 unspecified atom stereocenters. The van der Waals surface area contributed by atoms with E-state index >= 15 is 0 Å². The van der Waals surface area contributed by atoms with Crippen LogP contribution in [-0.4, -0.2) is 30.9 Å². The highest BCUT2D eigenvalue weighted by atomic mass is 15.2. The van der Waals surface area contributed by atoms with Crippen LogP contribution in [0.25, 0.3) is 0 Å². The molecule has 1 aliphatic rings. The summed E-state index contributed by atoms with van der Waals surface area (Å²) in [7, 11) is 1.91.